The molecule has 0 bridgehead atoms. The summed E-state index contributed by atoms with van der Waals surface area (Å²) in [6.07, 6.45) is 0. The van der Waals surface area contributed by atoms with Crippen LogP contribution in [0.25, 0.3) is 0 Å². The molecule has 1 atom stereocenters. The molecular formula is C9H10Cl2IN3O. The van der Waals surface area contributed by atoms with Gasteiger partial charge in [0.1, 0.15) is 5.02 Å². The molecule has 7 heteroatoms. The van der Waals surface area contributed by atoms with Crippen LogP contribution >= 0.6 is 45.8 Å². The molecule has 2 heterocycles. The van der Waals surface area contributed by atoms with Crippen molar-refractivity contribution in [3.05, 3.63) is 14.0 Å². The maximum Gasteiger partial charge on any atom is 0.194 e. The second-order valence-electron chi connectivity index (χ2n) is 3.54. The van der Waals surface area contributed by atoms with Gasteiger partial charge in [0.25, 0.3) is 0 Å². The highest BCUT2D eigenvalue weighted by Crippen LogP contribution is 2.31. The highest BCUT2D eigenvalue weighted by Gasteiger charge is 2.24. The summed E-state index contributed by atoms with van der Waals surface area (Å²) in [5.74, 6) is 0.696. The van der Waals surface area contributed by atoms with Gasteiger partial charge in [-0.2, -0.15) is 0 Å². The maximum absolute atomic E-state index is 6.12. The molecule has 0 aliphatic carbocycles. The number of nitrogens with zero attached hydrogens (tertiary/aromatic N) is 3. The molecule has 0 aromatic carbocycles. The highest BCUT2D eigenvalue weighted by molar-refractivity contribution is 14.1. The van der Waals surface area contributed by atoms with Crippen LogP contribution in [0.1, 0.15) is 6.92 Å². The maximum atomic E-state index is 6.12. The van der Waals surface area contributed by atoms with E-state index in [1.807, 2.05) is 22.6 Å². The minimum absolute atomic E-state index is 0.244. The van der Waals surface area contributed by atoms with Gasteiger partial charge in [0.15, 0.2) is 14.8 Å². The Kier molecular flexibility index (Phi) is 4.10. The lowest BCUT2D eigenvalue weighted by Crippen LogP contribution is -2.44. The van der Waals surface area contributed by atoms with E-state index < -0.39 is 0 Å². The van der Waals surface area contributed by atoms with Crippen LogP contribution in [0.15, 0.2) is 0 Å². The first-order valence-electron chi connectivity index (χ1n) is 4.82. The van der Waals surface area contributed by atoms with Crippen molar-refractivity contribution in [2.24, 2.45) is 0 Å². The Balaban J connectivity index is 2.38. The second kappa shape index (κ2) is 5.20. The minimum Gasteiger partial charge on any atom is -0.377 e. The Morgan fingerprint density at radius 3 is 2.88 bits per heavy atom. The summed E-state index contributed by atoms with van der Waals surface area (Å²) in [7, 11) is 0. The van der Waals surface area contributed by atoms with E-state index in [1.54, 1.807) is 0 Å². The third-order valence-corrected chi connectivity index (χ3v) is 3.61. The molecule has 4 nitrogen and oxygen atoms in total. The Bertz CT molecular complexity index is 405. The number of anilines is 1. The van der Waals surface area contributed by atoms with Crippen molar-refractivity contribution < 1.29 is 4.74 Å². The van der Waals surface area contributed by atoms with E-state index in [4.69, 9.17) is 27.9 Å². The first-order valence-corrected chi connectivity index (χ1v) is 6.66. The molecule has 0 unspecified atom stereocenters. The first-order chi connectivity index (χ1) is 7.59. The normalized spacial score (nSPS) is 21.2. The SMILES string of the molecule is C[C@@H]1COCCN1c1nc(I)nc(Cl)c1Cl. The fourth-order valence-corrected chi connectivity index (χ4v) is 2.59. The minimum atomic E-state index is 0.244. The van der Waals surface area contributed by atoms with Crippen LogP contribution in [-0.2, 0) is 4.74 Å². The van der Waals surface area contributed by atoms with E-state index in [9.17, 15) is 0 Å². The van der Waals surface area contributed by atoms with Crippen LogP contribution in [-0.4, -0.2) is 35.8 Å². The molecule has 1 fully saturated rings. The topological polar surface area (TPSA) is 38.2 Å². The van der Waals surface area contributed by atoms with Crippen LogP contribution in [0.4, 0.5) is 5.82 Å². The predicted octanol–water partition coefficient (Wildman–Crippen LogP) is 2.61. The molecular weight excluding hydrogens is 364 g/mol. The van der Waals surface area contributed by atoms with Crippen LogP contribution in [0.2, 0.25) is 10.2 Å². The van der Waals surface area contributed by atoms with Crippen LogP contribution in [0.3, 0.4) is 0 Å². The third kappa shape index (κ3) is 2.52. The van der Waals surface area contributed by atoms with Crippen LogP contribution < -0.4 is 4.90 Å². The molecule has 1 aliphatic rings. The summed E-state index contributed by atoms with van der Waals surface area (Å²) in [5.41, 5.74) is 0. The first kappa shape index (κ1) is 12.6. The fraction of sp³-hybridized carbons (Fsp3) is 0.556. The van der Waals surface area contributed by atoms with Gasteiger partial charge < -0.3 is 9.64 Å². The van der Waals surface area contributed by atoms with Crippen molar-refractivity contribution in [3.63, 3.8) is 0 Å². The molecule has 0 saturated carbocycles. The average Bonchev–Trinajstić information content (AvgIpc) is 2.24. The zero-order valence-electron chi connectivity index (χ0n) is 8.58. The number of hydrogen-bond donors (Lipinski definition) is 0. The molecule has 1 saturated heterocycles. The summed E-state index contributed by atoms with van der Waals surface area (Å²) in [6.45, 7) is 4.19. The van der Waals surface area contributed by atoms with Crippen molar-refractivity contribution in [1.82, 2.24) is 9.97 Å². The van der Waals surface area contributed by atoms with Gasteiger partial charge in [0.2, 0.25) is 0 Å². The molecule has 0 amide bonds. The molecule has 16 heavy (non-hydrogen) atoms. The smallest absolute Gasteiger partial charge is 0.194 e. The summed E-state index contributed by atoms with van der Waals surface area (Å²) < 4.78 is 5.97. The number of ether oxygens (including phenoxy) is 1. The van der Waals surface area contributed by atoms with E-state index in [0.29, 0.717) is 33.0 Å². The van der Waals surface area contributed by atoms with E-state index >= 15 is 0 Å². The lowest BCUT2D eigenvalue weighted by Gasteiger charge is -2.34. The molecule has 1 aromatic heterocycles. The van der Waals surface area contributed by atoms with Crippen molar-refractivity contribution in [1.29, 1.82) is 0 Å². The molecule has 2 rings (SSSR count). The largest absolute Gasteiger partial charge is 0.377 e. The van der Waals surface area contributed by atoms with Crippen LogP contribution in [0, 0.1) is 3.83 Å². The Hall–Kier alpha value is 0.150. The zero-order chi connectivity index (χ0) is 11.7. The summed E-state index contributed by atoms with van der Waals surface area (Å²) >= 11 is 14.1. The molecule has 0 spiro atoms. The monoisotopic (exact) mass is 373 g/mol. The Labute approximate surface area is 117 Å². The Morgan fingerprint density at radius 2 is 2.19 bits per heavy atom. The summed E-state index contributed by atoms with van der Waals surface area (Å²) in [5, 5.41) is 0.714. The summed E-state index contributed by atoms with van der Waals surface area (Å²) in [4.78, 5) is 10.4. The Morgan fingerprint density at radius 1 is 1.44 bits per heavy atom. The van der Waals surface area contributed by atoms with Crippen molar-refractivity contribution in [3.8, 4) is 0 Å². The van der Waals surface area contributed by atoms with Gasteiger partial charge in [-0.15, -0.1) is 0 Å². The van der Waals surface area contributed by atoms with E-state index in [-0.39, 0.29) is 6.04 Å². The zero-order valence-corrected chi connectivity index (χ0v) is 12.3. The average molecular weight is 374 g/mol. The molecule has 0 N–H and O–H groups in total. The number of morpholine rings is 1. The number of hydrogen-bond acceptors (Lipinski definition) is 4. The van der Waals surface area contributed by atoms with Gasteiger partial charge >= 0.3 is 0 Å². The quantitative estimate of drug-likeness (QED) is 0.431. The van der Waals surface area contributed by atoms with Gasteiger partial charge in [-0.25, -0.2) is 9.97 Å². The van der Waals surface area contributed by atoms with E-state index in [1.165, 1.54) is 0 Å². The lowest BCUT2D eigenvalue weighted by molar-refractivity contribution is 0.0985. The van der Waals surface area contributed by atoms with Gasteiger partial charge in [-0.1, -0.05) is 23.2 Å². The number of halogens is 3. The van der Waals surface area contributed by atoms with Crippen molar-refractivity contribution in [2.45, 2.75) is 13.0 Å². The van der Waals surface area contributed by atoms with Gasteiger partial charge in [-0.3, -0.25) is 0 Å². The van der Waals surface area contributed by atoms with Crippen LogP contribution in [0.5, 0.6) is 0 Å². The van der Waals surface area contributed by atoms with E-state index in [0.717, 1.165) is 6.54 Å². The predicted molar refractivity (Wildman–Crippen MR) is 72.4 cm³/mol. The number of aromatic nitrogens is 2. The molecule has 88 valence electrons. The highest BCUT2D eigenvalue weighted by atomic mass is 127. The summed E-state index contributed by atoms with van der Waals surface area (Å²) in [6, 6.07) is 0.244. The van der Waals surface area contributed by atoms with E-state index in [2.05, 4.69) is 21.8 Å². The van der Waals surface area contributed by atoms with Gasteiger partial charge in [0.05, 0.1) is 19.3 Å². The van der Waals surface area contributed by atoms with Gasteiger partial charge in [-0.05, 0) is 6.92 Å². The lowest BCUT2D eigenvalue weighted by atomic mass is 10.2. The fourth-order valence-electron chi connectivity index (χ4n) is 1.62. The second-order valence-corrected chi connectivity index (χ2v) is 5.24. The molecule has 0 radical (unpaired) electrons. The van der Waals surface area contributed by atoms with Crippen molar-refractivity contribution in [2.75, 3.05) is 24.7 Å². The standard InChI is InChI=1S/C9H10Cl2IN3O/c1-5-4-16-3-2-15(5)8-6(10)7(11)13-9(12)14-8/h5H,2-4H2,1H3/t5-/m1/s1. The number of rotatable bonds is 1. The molecule has 1 aliphatic heterocycles. The molecule has 1 aromatic rings. The van der Waals surface area contributed by atoms with Gasteiger partial charge in [0, 0.05) is 29.1 Å². The van der Waals surface area contributed by atoms with Crippen molar-refractivity contribution >= 4 is 51.6 Å². The third-order valence-electron chi connectivity index (χ3n) is 2.41.